The summed E-state index contributed by atoms with van der Waals surface area (Å²) in [4.78, 5) is 11.9. The van der Waals surface area contributed by atoms with E-state index >= 15 is 0 Å². The largest absolute Gasteiger partial charge is 0.271 e. The van der Waals surface area contributed by atoms with E-state index in [4.69, 9.17) is 11.6 Å². The Morgan fingerprint density at radius 3 is 2.86 bits per heavy atom. The molecule has 1 N–H and O–H groups in total. The molecule has 21 heavy (non-hydrogen) atoms. The van der Waals surface area contributed by atoms with Crippen LogP contribution < -0.4 is 5.43 Å². The van der Waals surface area contributed by atoms with Gasteiger partial charge in [-0.15, -0.1) is 0 Å². The predicted molar refractivity (Wildman–Crippen MR) is 75.6 cm³/mol. The van der Waals surface area contributed by atoms with Crippen LogP contribution in [0, 0.1) is 12.9 Å². The summed E-state index contributed by atoms with van der Waals surface area (Å²) in [6, 6.07) is -0.588. The molecule has 0 saturated heterocycles. The maximum absolute atomic E-state index is 13.6. The molecule has 0 saturated carbocycles. The Morgan fingerprint density at radius 1 is 1.62 bits per heavy atom. The van der Waals surface area contributed by atoms with E-state index in [0.717, 1.165) is 4.68 Å². The number of carbonyl (C=O) groups is 1. The van der Waals surface area contributed by atoms with E-state index in [1.807, 2.05) is 0 Å². The third-order valence-corrected chi connectivity index (χ3v) is 3.11. The second-order valence-corrected chi connectivity index (χ2v) is 4.90. The lowest BCUT2D eigenvalue weighted by Crippen LogP contribution is -2.27. The minimum absolute atomic E-state index is 0.229. The molecule has 2 rings (SSSR count). The van der Waals surface area contributed by atoms with Gasteiger partial charge in [-0.1, -0.05) is 11.6 Å². The van der Waals surface area contributed by atoms with Crippen molar-refractivity contribution in [3.05, 3.63) is 34.6 Å². The van der Waals surface area contributed by atoms with Gasteiger partial charge in [0.05, 0.1) is 28.7 Å². The molecule has 2 heterocycles. The molecular weight excluding hydrogens is 299 g/mol. The summed E-state index contributed by atoms with van der Waals surface area (Å²) in [5, 5.41) is 12.0. The number of hydrogen-bond donors (Lipinski definition) is 1. The highest BCUT2D eigenvalue weighted by molar-refractivity contribution is 6.30. The van der Waals surface area contributed by atoms with E-state index < -0.39 is 17.9 Å². The Balaban J connectivity index is 2.02. The molecule has 0 spiro atoms. The number of aryl methyl sites for hydroxylation is 2. The zero-order valence-electron chi connectivity index (χ0n) is 11.7. The van der Waals surface area contributed by atoms with Crippen LogP contribution in [0.3, 0.4) is 0 Å². The number of aromatic nitrogens is 4. The summed E-state index contributed by atoms with van der Waals surface area (Å²) >= 11 is 5.74. The summed E-state index contributed by atoms with van der Waals surface area (Å²) in [6.45, 7) is 3.30. The first-order valence-corrected chi connectivity index (χ1v) is 6.49. The first kappa shape index (κ1) is 15.2. The van der Waals surface area contributed by atoms with Crippen molar-refractivity contribution >= 4 is 23.7 Å². The van der Waals surface area contributed by atoms with Crippen LogP contribution in [0.15, 0.2) is 17.5 Å². The normalized spacial score (nSPS) is 12.8. The van der Waals surface area contributed by atoms with Crippen LogP contribution in [0.25, 0.3) is 0 Å². The molecule has 0 bridgehead atoms. The van der Waals surface area contributed by atoms with Gasteiger partial charge in [-0.05, 0) is 13.8 Å². The number of hydrazone groups is 1. The van der Waals surface area contributed by atoms with Crippen LogP contribution in [-0.2, 0) is 11.8 Å². The van der Waals surface area contributed by atoms with E-state index in [9.17, 15) is 9.18 Å². The number of carbonyl (C=O) groups excluding carboxylic acids is 1. The fourth-order valence-electron chi connectivity index (χ4n) is 1.69. The molecule has 9 heteroatoms. The number of amides is 1. The molecule has 0 aliphatic carbocycles. The van der Waals surface area contributed by atoms with Crippen molar-refractivity contribution in [2.45, 2.75) is 19.9 Å². The van der Waals surface area contributed by atoms with Crippen molar-refractivity contribution in [2.75, 3.05) is 0 Å². The van der Waals surface area contributed by atoms with E-state index in [-0.39, 0.29) is 5.56 Å². The van der Waals surface area contributed by atoms with E-state index in [2.05, 4.69) is 20.7 Å². The Hall–Kier alpha value is -2.22. The summed E-state index contributed by atoms with van der Waals surface area (Å²) in [7, 11) is 1.49. The highest BCUT2D eigenvalue weighted by Crippen LogP contribution is 2.11. The minimum Gasteiger partial charge on any atom is -0.271 e. The second-order valence-electron chi connectivity index (χ2n) is 4.46. The van der Waals surface area contributed by atoms with Crippen LogP contribution in [0.1, 0.15) is 24.2 Å². The maximum atomic E-state index is 13.6. The second kappa shape index (κ2) is 6.04. The molecule has 0 aromatic carbocycles. The zero-order valence-corrected chi connectivity index (χ0v) is 12.5. The topological polar surface area (TPSA) is 77.1 Å². The molecule has 2 aromatic rings. The summed E-state index contributed by atoms with van der Waals surface area (Å²) in [5.41, 5.74) is 3.04. The van der Waals surface area contributed by atoms with Gasteiger partial charge in [0.2, 0.25) is 5.95 Å². The molecule has 0 fully saturated rings. The molecule has 1 unspecified atom stereocenters. The average Bonchev–Trinajstić information content (AvgIpc) is 2.96. The molecule has 1 amide bonds. The minimum atomic E-state index is -0.588. The first-order valence-electron chi connectivity index (χ1n) is 6.11. The SMILES string of the molecule is Cc1nn(C)c(F)c1/C=N/NC(=O)C(C)n1cc(Cl)cn1. The van der Waals surface area contributed by atoms with E-state index in [0.29, 0.717) is 10.7 Å². The van der Waals surface area contributed by atoms with E-state index in [1.54, 1.807) is 13.8 Å². The van der Waals surface area contributed by atoms with Crippen molar-refractivity contribution < 1.29 is 9.18 Å². The van der Waals surface area contributed by atoms with Gasteiger partial charge in [-0.3, -0.25) is 9.48 Å². The van der Waals surface area contributed by atoms with Crippen LogP contribution >= 0.6 is 11.6 Å². The fraction of sp³-hybridized carbons (Fsp3) is 0.333. The number of nitrogens with one attached hydrogen (secondary N) is 1. The maximum Gasteiger partial charge on any atom is 0.264 e. The lowest BCUT2D eigenvalue weighted by Gasteiger charge is -2.09. The third-order valence-electron chi connectivity index (χ3n) is 2.91. The number of rotatable bonds is 4. The summed E-state index contributed by atoms with van der Waals surface area (Å²) in [6.07, 6.45) is 4.18. The standard InChI is InChI=1S/C12H14ClFN6O/c1-7-10(11(14)19(3)18-7)5-15-17-12(21)8(2)20-6-9(13)4-16-20/h4-6,8H,1-3H3,(H,17,21)/b15-5+. The van der Waals surface area contributed by atoms with Gasteiger partial charge in [0.1, 0.15) is 6.04 Å². The van der Waals surface area contributed by atoms with Crippen LogP contribution in [-0.4, -0.2) is 31.7 Å². The quantitative estimate of drug-likeness (QED) is 0.685. The predicted octanol–water partition coefficient (Wildman–Crippen LogP) is 1.43. The summed E-state index contributed by atoms with van der Waals surface area (Å²) < 4.78 is 16.2. The van der Waals surface area contributed by atoms with Gasteiger partial charge in [0.15, 0.2) is 0 Å². The summed E-state index contributed by atoms with van der Waals surface area (Å²) in [5.74, 6) is -0.912. The molecule has 0 aliphatic heterocycles. The van der Waals surface area contributed by atoms with Crippen LogP contribution in [0.5, 0.6) is 0 Å². The monoisotopic (exact) mass is 312 g/mol. The molecule has 1 atom stereocenters. The van der Waals surface area contributed by atoms with Crippen molar-refractivity contribution in [2.24, 2.45) is 12.1 Å². The smallest absolute Gasteiger partial charge is 0.264 e. The zero-order chi connectivity index (χ0) is 15.6. The molecule has 0 radical (unpaired) electrons. The Bertz CT molecular complexity index is 692. The molecule has 112 valence electrons. The van der Waals surface area contributed by atoms with Gasteiger partial charge in [-0.2, -0.15) is 19.7 Å². The average molecular weight is 313 g/mol. The highest BCUT2D eigenvalue weighted by Gasteiger charge is 2.15. The van der Waals surface area contributed by atoms with Crippen LogP contribution in [0.2, 0.25) is 5.02 Å². The lowest BCUT2D eigenvalue weighted by atomic mass is 10.3. The fourth-order valence-corrected chi connectivity index (χ4v) is 1.84. The van der Waals surface area contributed by atoms with E-state index in [1.165, 1.54) is 30.3 Å². The Labute approximate surface area is 125 Å². The first-order chi connectivity index (χ1) is 9.90. The third kappa shape index (κ3) is 3.27. The Kier molecular flexibility index (Phi) is 4.37. The van der Waals surface area contributed by atoms with Crippen LogP contribution in [0.4, 0.5) is 4.39 Å². The van der Waals surface area contributed by atoms with Crippen molar-refractivity contribution in [3.8, 4) is 0 Å². The van der Waals surface area contributed by atoms with Gasteiger partial charge in [-0.25, -0.2) is 10.1 Å². The highest BCUT2D eigenvalue weighted by atomic mass is 35.5. The van der Waals surface area contributed by atoms with Gasteiger partial charge >= 0.3 is 0 Å². The van der Waals surface area contributed by atoms with Gasteiger partial charge < -0.3 is 0 Å². The Morgan fingerprint density at radius 2 is 2.33 bits per heavy atom. The van der Waals surface area contributed by atoms with Crippen molar-refractivity contribution in [1.29, 1.82) is 0 Å². The molecule has 2 aromatic heterocycles. The number of halogens is 2. The van der Waals surface area contributed by atoms with Crippen molar-refractivity contribution in [1.82, 2.24) is 25.0 Å². The lowest BCUT2D eigenvalue weighted by molar-refractivity contribution is -0.124. The molecular formula is C12H14ClFN6O. The molecule has 7 nitrogen and oxygen atoms in total. The van der Waals surface area contributed by atoms with Crippen molar-refractivity contribution in [3.63, 3.8) is 0 Å². The molecule has 0 aliphatic rings. The number of hydrogen-bond acceptors (Lipinski definition) is 4. The number of nitrogens with zero attached hydrogens (tertiary/aromatic N) is 5. The van der Waals surface area contributed by atoms with Gasteiger partial charge in [0.25, 0.3) is 5.91 Å². The van der Waals surface area contributed by atoms with Gasteiger partial charge in [0, 0.05) is 13.2 Å².